The second kappa shape index (κ2) is 10.6. The number of methoxy groups -OCH3 is 1. The highest BCUT2D eigenvalue weighted by molar-refractivity contribution is 7.71. The average Bonchev–Trinajstić information content (AvgIpc) is 3.08. The van der Waals surface area contributed by atoms with Crippen molar-refractivity contribution in [3.8, 4) is 17.3 Å². The minimum absolute atomic E-state index is 0.0397. The Morgan fingerprint density at radius 2 is 1.71 bits per heavy atom. The molecule has 0 fully saturated rings. The summed E-state index contributed by atoms with van der Waals surface area (Å²) < 4.78 is 8.99. The number of hydrogen-bond donors (Lipinski definition) is 2. The molecule has 0 bridgehead atoms. The van der Waals surface area contributed by atoms with E-state index in [2.05, 4.69) is 5.32 Å². The van der Waals surface area contributed by atoms with E-state index in [9.17, 15) is 9.90 Å². The molecule has 8 heteroatoms. The van der Waals surface area contributed by atoms with Crippen molar-refractivity contribution in [1.82, 2.24) is 9.13 Å². The number of aromatic nitrogens is 2. The highest BCUT2D eigenvalue weighted by atomic mass is 35.5. The van der Waals surface area contributed by atoms with Crippen LogP contribution < -0.4 is 10.1 Å². The van der Waals surface area contributed by atoms with Crippen LogP contribution in [0.4, 0.5) is 5.69 Å². The minimum atomic E-state index is -0.263. The maximum atomic E-state index is 12.9. The van der Waals surface area contributed by atoms with Crippen molar-refractivity contribution in [3.05, 3.63) is 99.9 Å². The van der Waals surface area contributed by atoms with Crippen LogP contribution >= 0.6 is 23.8 Å². The number of halogens is 1. The molecule has 4 aromatic rings. The van der Waals surface area contributed by atoms with Crippen LogP contribution in [0.1, 0.15) is 11.3 Å². The van der Waals surface area contributed by atoms with Gasteiger partial charge in [0.2, 0.25) is 11.8 Å². The first-order valence-corrected chi connectivity index (χ1v) is 11.5. The Morgan fingerprint density at radius 3 is 2.35 bits per heavy atom. The van der Waals surface area contributed by atoms with E-state index in [0.717, 1.165) is 11.3 Å². The van der Waals surface area contributed by atoms with Gasteiger partial charge in [-0.05, 0) is 72.7 Å². The molecule has 0 aliphatic carbocycles. The molecule has 1 amide bonds. The molecule has 0 unspecified atom stereocenters. The first-order chi connectivity index (χ1) is 16.5. The van der Waals surface area contributed by atoms with Gasteiger partial charge in [-0.1, -0.05) is 41.9 Å². The van der Waals surface area contributed by atoms with Gasteiger partial charge in [-0.2, -0.15) is 0 Å². The minimum Gasteiger partial charge on any atom is -0.497 e. The summed E-state index contributed by atoms with van der Waals surface area (Å²) in [6.07, 6.45) is 0.624. The number of nitrogens with one attached hydrogen (secondary N) is 1. The summed E-state index contributed by atoms with van der Waals surface area (Å²) >= 11 is 11.7. The molecular weight excluding hydrogens is 470 g/mol. The van der Waals surface area contributed by atoms with Gasteiger partial charge in [0.25, 0.3) is 0 Å². The zero-order valence-electron chi connectivity index (χ0n) is 18.6. The zero-order chi connectivity index (χ0) is 24.1. The number of aryl methyl sites for hydroxylation is 1. The normalized spacial score (nSPS) is 10.8. The Hall–Kier alpha value is -3.55. The number of amides is 1. The maximum absolute atomic E-state index is 12.9. The van der Waals surface area contributed by atoms with Crippen LogP contribution in [0, 0.1) is 4.77 Å². The number of para-hydroxylation sites is 1. The van der Waals surface area contributed by atoms with Crippen molar-refractivity contribution < 1.29 is 14.6 Å². The molecule has 0 aliphatic rings. The van der Waals surface area contributed by atoms with Crippen molar-refractivity contribution >= 4 is 35.4 Å². The van der Waals surface area contributed by atoms with E-state index < -0.39 is 0 Å². The van der Waals surface area contributed by atoms with Gasteiger partial charge in [0.15, 0.2) is 4.77 Å². The van der Waals surface area contributed by atoms with E-state index in [1.165, 1.54) is 0 Å². The number of imidazole rings is 1. The summed E-state index contributed by atoms with van der Waals surface area (Å²) in [4.78, 5) is 12.9. The summed E-state index contributed by atoms with van der Waals surface area (Å²) in [6.45, 7) is 0.499. The molecule has 0 saturated heterocycles. The van der Waals surface area contributed by atoms with Crippen LogP contribution in [0.2, 0.25) is 5.02 Å². The van der Waals surface area contributed by atoms with Gasteiger partial charge in [0.1, 0.15) is 5.75 Å². The first kappa shape index (κ1) is 23.6. The SMILES string of the molecule is COc1ccc(NC(=O)Cc2c(O)n(-c3ccccc3)c(=S)n2CCc2ccc(Cl)cc2)cc1. The average molecular weight is 494 g/mol. The van der Waals surface area contributed by atoms with Gasteiger partial charge in [0, 0.05) is 17.3 Å². The topological polar surface area (TPSA) is 68.4 Å². The monoisotopic (exact) mass is 493 g/mol. The molecular formula is C26H24ClN3O3S. The Labute approximate surface area is 208 Å². The number of rotatable bonds is 8. The maximum Gasteiger partial charge on any atom is 0.230 e. The molecule has 6 nitrogen and oxygen atoms in total. The lowest BCUT2D eigenvalue weighted by molar-refractivity contribution is -0.115. The number of carbonyl (C=O) groups excluding carboxylic acids is 1. The number of benzene rings is 3. The Bertz CT molecular complexity index is 1330. The van der Waals surface area contributed by atoms with E-state index in [4.69, 9.17) is 28.6 Å². The van der Waals surface area contributed by atoms with Crippen LogP contribution in [0.3, 0.4) is 0 Å². The number of hydrogen-bond acceptors (Lipinski definition) is 4. The van der Waals surface area contributed by atoms with Crippen molar-refractivity contribution in [1.29, 1.82) is 0 Å². The number of nitrogens with zero attached hydrogens (tertiary/aromatic N) is 2. The van der Waals surface area contributed by atoms with Gasteiger partial charge in [-0.15, -0.1) is 0 Å². The van der Waals surface area contributed by atoms with E-state index in [-0.39, 0.29) is 18.2 Å². The van der Waals surface area contributed by atoms with Gasteiger partial charge in [0.05, 0.1) is 24.9 Å². The molecule has 3 aromatic carbocycles. The molecule has 2 N–H and O–H groups in total. The summed E-state index contributed by atoms with van der Waals surface area (Å²) in [5, 5.41) is 14.7. The van der Waals surface area contributed by atoms with E-state index in [1.54, 1.807) is 35.9 Å². The van der Waals surface area contributed by atoms with Crippen LogP contribution in [-0.4, -0.2) is 27.3 Å². The van der Waals surface area contributed by atoms with E-state index in [0.29, 0.717) is 39.9 Å². The highest BCUT2D eigenvalue weighted by Gasteiger charge is 2.21. The fourth-order valence-corrected chi connectivity index (χ4v) is 4.23. The lowest BCUT2D eigenvalue weighted by Crippen LogP contribution is -2.17. The quantitative estimate of drug-likeness (QED) is 0.304. The predicted molar refractivity (Wildman–Crippen MR) is 137 cm³/mol. The fourth-order valence-electron chi connectivity index (χ4n) is 3.71. The number of aromatic hydroxyl groups is 1. The lowest BCUT2D eigenvalue weighted by atomic mass is 10.1. The number of anilines is 1. The third-order valence-electron chi connectivity index (χ3n) is 5.47. The third kappa shape index (κ3) is 5.32. The van der Waals surface area contributed by atoms with Crippen molar-refractivity contribution in [2.24, 2.45) is 0 Å². The summed E-state index contributed by atoms with van der Waals surface area (Å²) in [6, 6.07) is 24.0. The molecule has 0 spiro atoms. The molecule has 1 aromatic heterocycles. The second-order valence-corrected chi connectivity index (χ2v) is 8.51. The van der Waals surface area contributed by atoms with Crippen molar-refractivity contribution in [2.45, 2.75) is 19.4 Å². The number of carbonyl (C=O) groups is 1. The number of ether oxygens (including phenoxy) is 1. The standard InChI is InChI=1S/C26H24ClN3O3S/c1-33-22-13-11-20(12-14-22)28-24(31)17-23-25(32)30(21-5-3-2-4-6-21)26(34)29(23)16-15-18-7-9-19(27)10-8-18/h2-14,32H,15-17H2,1H3,(H,28,31). The fraction of sp³-hybridized carbons (Fsp3) is 0.154. The van der Waals surface area contributed by atoms with Gasteiger partial charge < -0.3 is 19.7 Å². The van der Waals surface area contributed by atoms with Crippen LogP contribution in [0.15, 0.2) is 78.9 Å². The smallest absolute Gasteiger partial charge is 0.230 e. The molecule has 34 heavy (non-hydrogen) atoms. The molecule has 4 rings (SSSR count). The second-order valence-electron chi connectivity index (χ2n) is 7.71. The molecule has 0 saturated carbocycles. The van der Waals surface area contributed by atoms with Crippen molar-refractivity contribution in [3.63, 3.8) is 0 Å². The zero-order valence-corrected chi connectivity index (χ0v) is 20.1. The summed E-state index contributed by atoms with van der Waals surface area (Å²) in [5.41, 5.74) is 2.90. The Balaban J connectivity index is 1.63. The molecule has 0 radical (unpaired) electrons. The molecule has 0 atom stereocenters. The van der Waals surface area contributed by atoms with Gasteiger partial charge in [-0.25, -0.2) is 0 Å². The summed E-state index contributed by atoms with van der Waals surface area (Å²) in [5.74, 6) is 0.393. The van der Waals surface area contributed by atoms with Crippen LogP contribution in [0.25, 0.3) is 5.69 Å². The lowest BCUT2D eigenvalue weighted by Gasteiger charge is -2.10. The van der Waals surface area contributed by atoms with Crippen molar-refractivity contribution in [2.75, 3.05) is 12.4 Å². The molecule has 1 heterocycles. The Kier molecular flexibility index (Phi) is 7.35. The van der Waals surface area contributed by atoms with E-state index in [1.807, 2.05) is 59.2 Å². The highest BCUT2D eigenvalue weighted by Crippen LogP contribution is 2.27. The Morgan fingerprint density at radius 1 is 1.03 bits per heavy atom. The third-order valence-corrected chi connectivity index (χ3v) is 6.13. The van der Waals surface area contributed by atoms with E-state index >= 15 is 0 Å². The largest absolute Gasteiger partial charge is 0.497 e. The van der Waals surface area contributed by atoms with Gasteiger partial charge in [-0.3, -0.25) is 9.36 Å². The van der Waals surface area contributed by atoms with Crippen LogP contribution in [0.5, 0.6) is 11.6 Å². The predicted octanol–water partition coefficient (Wildman–Crippen LogP) is 5.80. The molecule has 174 valence electrons. The molecule has 0 aliphatic heterocycles. The summed E-state index contributed by atoms with van der Waals surface area (Å²) in [7, 11) is 1.59. The van der Waals surface area contributed by atoms with Crippen LogP contribution in [-0.2, 0) is 24.2 Å². The van der Waals surface area contributed by atoms with Gasteiger partial charge >= 0.3 is 0 Å². The first-order valence-electron chi connectivity index (χ1n) is 10.7.